The predicted molar refractivity (Wildman–Crippen MR) is 90.9 cm³/mol. The number of carbonyl (C=O) groups is 1. The van der Waals surface area contributed by atoms with Crippen LogP contribution in [0, 0.1) is 13.8 Å². The van der Waals surface area contributed by atoms with Gasteiger partial charge in [-0.05, 0) is 37.1 Å². The van der Waals surface area contributed by atoms with E-state index in [4.69, 9.17) is 4.74 Å². The molecule has 0 aliphatic carbocycles. The number of amides is 1. The van der Waals surface area contributed by atoms with Crippen molar-refractivity contribution < 1.29 is 9.53 Å². The van der Waals surface area contributed by atoms with E-state index in [2.05, 4.69) is 22.1 Å². The SMILES string of the molecule is C=CCSc1nnc(NC(=O)COc2ccc(C)c(C)c2)s1. The first kappa shape index (κ1) is 16.5. The van der Waals surface area contributed by atoms with E-state index in [0.717, 1.165) is 15.7 Å². The fraction of sp³-hybridized carbons (Fsp3) is 0.267. The molecule has 0 aliphatic heterocycles. The van der Waals surface area contributed by atoms with Crippen molar-refractivity contribution >= 4 is 34.1 Å². The topological polar surface area (TPSA) is 64.1 Å². The van der Waals surface area contributed by atoms with Crippen LogP contribution in [0.15, 0.2) is 35.2 Å². The fourth-order valence-corrected chi connectivity index (χ4v) is 3.09. The number of anilines is 1. The molecule has 0 radical (unpaired) electrons. The first-order valence-electron chi connectivity index (χ1n) is 6.65. The largest absolute Gasteiger partial charge is 0.484 e. The van der Waals surface area contributed by atoms with Gasteiger partial charge >= 0.3 is 0 Å². The monoisotopic (exact) mass is 335 g/mol. The average Bonchev–Trinajstić information content (AvgIpc) is 2.94. The minimum atomic E-state index is -0.255. The van der Waals surface area contributed by atoms with Crippen molar-refractivity contribution in [3.05, 3.63) is 42.0 Å². The van der Waals surface area contributed by atoms with Crippen molar-refractivity contribution in [3.8, 4) is 5.75 Å². The van der Waals surface area contributed by atoms with Gasteiger partial charge in [-0.15, -0.1) is 16.8 Å². The molecule has 0 atom stereocenters. The molecule has 2 aromatic rings. The number of nitrogens with zero attached hydrogens (tertiary/aromatic N) is 2. The van der Waals surface area contributed by atoms with Crippen LogP contribution < -0.4 is 10.1 Å². The summed E-state index contributed by atoms with van der Waals surface area (Å²) in [6, 6.07) is 5.73. The van der Waals surface area contributed by atoms with E-state index in [-0.39, 0.29) is 12.5 Å². The van der Waals surface area contributed by atoms with Gasteiger partial charge in [-0.1, -0.05) is 35.2 Å². The van der Waals surface area contributed by atoms with Crippen molar-refractivity contribution in [2.24, 2.45) is 0 Å². The van der Waals surface area contributed by atoms with E-state index in [1.165, 1.54) is 28.7 Å². The summed E-state index contributed by atoms with van der Waals surface area (Å²) in [5, 5.41) is 11.0. The maximum absolute atomic E-state index is 11.8. The molecule has 0 spiro atoms. The number of thioether (sulfide) groups is 1. The molecule has 1 heterocycles. The Morgan fingerprint density at radius 3 is 2.95 bits per heavy atom. The minimum absolute atomic E-state index is 0.0583. The molecule has 0 bridgehead atoms. The van der Waals surface area contributed by atoms with E-state index >= 15 is 0 Å². The Bertz CT molecular complexity index is 671. The molecule has 0 saturated carbocycles. The lowest BCUT2D eigenvalue weighted by Crippen LogP contribution is -2.20. The van der Waals surface area contributed by atoms with Crippen molar-refractivity contribution in [3.63, 3.8) is 0 Å². The molecule has 5 nitrogen and oxygen atoms in total. The Labute approximate surface area is 137 Å². The molecular formula is C15H17N3O2S2. The predicted octanol–water partition coefficient (Wildman–Crippen LogP) is 3.45. The van der Waals surface area contributed by atoms with E-state index in [1.54, 1.807) is 6.08 Å². The molecule has 22 heavy (non-hydrogen) atoms. The molecule has 0 aliphatic rings. The van der Waals surface area contributed by atoms with E-state index in [9.17, 15) is 4.79 Å². The molecule has 1 aromatic carbocycles. The summed E-state index contributed by atoms with van der Waals surface area (Å²) in [7, 11) is 0. The van der Waals surface area contributed by atoms with Crippen LogP contribution in [-0.2, 0) is 4.79 Å². The Morgan fingerprint density at radius 1 is 1.41 bits per heavy atom. The standard InChI is InChI=1S/C15H17N3O2S2/c1-4-7-21-15-18-17-14(22-15)16-13(19)9-20-12-6-5-10(2)11(3)8-12/h4-6,8H,1,7,9H2,2-3H3,(H,16,17,19). The number of aryl methyl sites for hydroxylation is 2. The van der Waals surface area contributed by atoms with Gasteiger partial charge in [0.25, 0.3) is 5.91 Å². The molecule has 0 unspecified atom stereocenters. The number of carbonyl (C=O) groups excluding carboxylic acids is 1. The number of aromatic nitrogens is 2. The summed E-state index contributed by atoms with van der Waals surface area (Å²) >= 11 is 2.86. The second kappa shape index (κ2) is 7.95. The van der Waals surface area contributed by atoms with Gasteiger partial charge in [0.05, 0.1) is 0 Å². The van der Waals surface area contributed by atoms with Crippen molar-refractivity contribution in [1.82, 2.24) is 10.2 Å². The molecule has 0 saturated heterocycles. The molecule has 0 fully saturated rings. The number of hydrogen-bond acceptors (Lipinski definition) is 6. The molecule has 7 heteroatoms. The van der Waals surface area contributed by atoms with E-state index < -0.39 is 0 Å². The van der Waals surface area contributed by atoms with Gasteiger partial charge in [0.15, 0.2) is 10.9 Å². The highest BCUT2D eigenvalue weighted by molar-refractivity contribution is 8.01. The third-order valence-corrected chi connectivity index (χ3v) is 4.79. The van der Waals surface area contributed by atoms with Gasteiger partial charge in [0.2, 0.25) is 5.13 Å². The first-order valence-corrected chi connectivity index (χ1v) is 8.46. The summed E-state index contributed by atoms with van der Waals surface area (Å²) in [4.78, 5) is 11.8. The maximum atomic E-state index is 11.8. The zero-order valence-corrected chi connectivity index (χ0v) is 14.1. The number of ether oxygens (including phenoxy) is 1. The quantitative estimate of drug-likeness (QED) is 0.477. The third kappa shape index (κ3) is 4.85. The smallest absolute Gasteiger partial charge is 0.264 e. The Morgan fingerprint density at radius 2 is 2.23 bits per heavy atom. The normalized spacial score (nSPS) is 10.3. The second-order valence-electron chi connectivity index (χ2n) is 4.56. The van der Waals surface area contributed by atoms with Crippen LogP contribution in [-0.4, -0.2) is 28.5 Å². The van der Waals surface area contributed by atoms with Crippen LogP contribution in [0.3, 0.4) is 0 Å². The molecule has 1 N–H and O–H groups in total. The fourth-order valence-electron chi connectivity index (χ4n) is 1.56. The summed E-state index contributed by atoms with van der Waals surface area (Å²) in [5.74, 6) is 1.19. The number of rotatable bonds is 7. The van der Waals surface area contributed by atoms with Crippen LogP contribution in [0.2, 0.25) is 0 Å². The Balaban J connectivity index is 1.83. The summed E-state index contributed by atoms with van der Waals surface area (Å²) in [5.41, 5.74) is 2.32. The van der Waals surface area contributed by atoms with Gasteiger partial charge in [0.1, 0.15) is 5.75 Å². The summed E-state index contributed by atoms with van der Waals surface area (Å²) in [6.07, 6.45) is 1.79. The first-order chi connectivity index (χ1) is 10.6. The highest BCUT2D eigenvalue weighted by Crippen LogP contribution is 2.25. The molecule has 2 rings (SSSR count). The zero-order chi connectivity index (χ0) is 15.9. The van der Waals surface area contributed by atoms with E-state index in [0.29, 0.717) is 10.9 Å². The molecular weight excluding hydrogens is 318 g/mol. The minimum Gasteiger partial charge on any atom is -0.484 e. The highest BCUT2D eigenvalue weighted by Gasteiger charge is 2.09. The highest BCUT2D eigenvalue weighted by atomic mass is 32.2. The summed E-state index contributed by atoms with van der Waals surface area (Å²) in [6.45, 7) is 7.62. The van der Waals surface area contributed by atoms with Crippen molar-refractivity contribution in [2.45, 2.75) is 18.2 Å². The van der Waals surface area contributed by atoms with Gasteiger partial charge in [-0.3, -0.25) is 10.1 Å². The Hall–Kier alpha value is -1.86. The van der Waals surface area contributed by atoms with Crippen molar-refractivity contribution in [1.29, 1.82) is 0 Å². The second-order valence-corrected chi connectivity index (χ2v) is 6.80. The van der Waals surface area contributed by atoms with Crippen LogP contribution in [0.1, 0.15) is 11.1 Å². The molecule has 1 aromatic heterocycles. The number of nitrogens with one attached hydrogen (secondary N) is 1. The Kier molecular flexibility index (Phi) is 5.97. The van der Waals surface area contributed by atoms with E-state index in [1.807, 2.05) is 32.0 Å². The average molecular weight is 335 g/mol. The summed E-state index contributed by atoms with van der Waals surface area (Å²) < 4.78 is 6.27. The lowest BCUT2D eigenvalue weighted by atomic mass is 10.1. The lowest BCUT2D eigenvalue weighted by molar-refractivity contribution is -0.118. The van der Waals surface area contributed by atoms with Gasteiger partial charge in [-0.2, -0.15) is 0 Å². The third-order valence-electron chi connectivity index (χ3n) is 2.83. The molecule has 116 valence electrons. The van der Waals surface area contributed by atoms with Gasteiger partial charge < -0.3 is 4.74 Å². The van der Waals surface area contributed by atoms with Crippen LogP contribution in [0.25, 0.3) is 0 Å². The van der Waals surface area contributed by atoms with Gasteiger partial charge in [-0.25, -0.2) is 0 Å². The molecule has 1 amide bonds. The van der Waals surface area contributed by atoms with Crippen LogP contribution in [0.5, 0.6) is 5.75 Å². The lowest BCUT2D eigenvalue weighted by Gasteiger charge is -2.07. The zero-order valence-electron chi connectivity index (χ0n) is 12.5. The number of benzene rings is 1. The van der Waals surface area contributed by atoms with Gasteiger partial charge in [0, 0.05) is 5.75 Å². The van der Waals surface area contributed by atoms with Crippen LogP contribution >= 0.6 is 23.1 Å². The number of hydrogen-bond donors (Lipinski definition) is 1. The van der Waals surface area contributed by atoms with Crippen molar-refractivity contribution in [2.75, 3.05) is 17.7 Å². The maximum Gasteiger partial charge on any atom is 0.264 e. The van der Waals surface area contributed by atoms with Crippen LogP contribution in [0.4, 0.5) is 5.13 Å².